The van der Waals surface area contributed by atoms with Crippen molar-refractivity contribution in [2.24, 2.45) is 5.92 Å². The molecular weight excluding hydrogens is 1280 g/mol. The van der Waals surface area contributed by atoms with Gasteiger partial charge in [0.2, 0.25) is 0 Å². The van der Waals surface area contributed by atoms with Gasteiger partial charge >= 0.3 is 39.5 Å². The Morgan fingerprint density at radius 1 is 0.316 bits per heavy atom. The lowest BCUT2D eigenvalue weighted by atomic mass is 10.0. The number of ether oxygens (including phenoxy) is 4. The maximum Gasteiger partial charge on any atom is 0.472 e. The SMILES string of the molecule is CCCCCC/C=C\C=C/CCCCCCCC(=O)OC[C@H](COP(=O)(O)OC[C@@H](O)COP(=O)(O)OC[C@@H](COC(=O)CCCCCCCCCCCC)OC(=O)CCCCCCCCCCCCC(C)C)OC(=O)CCCCCCCCCCCCCCCCCCCCCC. The van der Waals surface area contributed by atoms with Gasteiger partial charge in [0.15, 0.2) is 12.2 Å². The average molecular weight is 1430 g/mol. The van der Waals surface area contributed by atoms with Crippen molar-refractivity contribution in [3.63, 3.8) is 0 Å². The van der Waals surface area contributed by atoms with Crippen LogP contribution in [0, 0.1) is 5.92 Å². The summed E-state index contributed by atoms with van der Waals surface area (Å²) in [5, 5.41) is 10.6. The van der Waals surface area contributed by atoms with Crippen molar-refractivity contribution in [1.82, 2.24) is 0 Å². The Bertz CT molecular complexity index is 1970. The molecule has 0 aliphatic carbocycles. The van der Waals surface area contributed by atoms with Gasteiger partial charge < -0.3 is 33.8 Å². The van der Waals surface area contributed by atoms with E-state index in [1.54, 1.807) is 0 Å². The van der Waals surface area contributed by atoms with Crippen LogP contribution in [0.3, 0.4) is 0 Å². The molecule has 0 heterocycles. The van der Waals surface area contributed by atoms with Crippen LogP contribution in [0.4, 0.5) is 0 Å². The lowest BCUT2D eigenvalue weighted by molar-refractivity contribution is -0.161. The van der Waals surface area contributed by atoms with E-state index in [0.717, 1.165) is 115 Å². The van der Waals surface area contributed by atoms with Crippen LogP contribution in [-0.4, -0.2) is 96.7 Å². The largest absolute Gasteiger partial charge is 0.472 e. The second-order valence-electron chi connectivity index (χ2n) is 28.2. The van der Waals surface area contributed by atoms with E-state index in [-0.39, 0.29) is 25.7 Å². The number of esters is 4. The molecular formula is C79H150O17P2. The predicted octanol–water partition coefficient (Wildman–Crippen LogP) is 23.2. The summed E-state index contributed by atoms with van der Waals surface area (Å²) in [5.41, 5.74) is 0. The molecule has 2 unspecified atom stereocenters. The summed E-state index contributed by atoms with van der Waals surface area (Å²) in [6.07, 6.45) is 64.6. The minimum atomic E-state index is -4.97. The number of hydrogen-bond acceptors (Lipinski definition) is 15. The van der Waals surface area contributed by atoms with Crippen molar-refractivity contribution in [3.8, 4) is 0 Å². The number of unbranched alkanes of at least 4 members (excludes halogenated alkanes) is 46. The number of hydrogen-bond donors (Lipinski definition) is 3. The van der Waals surface area contributed by atoms with Crippen molar-refractivity contribution in [2.75, 3.05) is 39.6 Å². The molecule has 0 amide bonds. The zero-order valence-corrected chi connectivity index (χ0v) is 65.2. The zero-order chi connectivity index (χ0) is 71.9. The summed E-state index contributed by atoms with van der Waals surface area (Å²) in [6, 6.07) is 0. The molecule has 3 N–H and O–H groups in total. The first-order valence-corrected chi connectivity index (χ1v) is 43.4. The zero-order valence-electron chi connectivity index (χ0n) is 63.4. The average Bonchev–Trinajstić information content (AvgIpc) is 0.987. The number of phosphoric acid groups is 2. The highest BCUT2D eigenvalue weighted by Crippen LogP contribution is 2.45. The van der Waals surface area contributed by atoms with Crippen LogP contribution in [0.15, 0.2) is 24.3 Å². The fraction of sp³-hybridized carbons (Fsp3) is 0.899. The predicted molar refractivity (Wildman–Crippen MR) is 400 cm³/mol. The molecule has 0 aliphatic heterocycles. The Labute approximate surface area is 599 Å². The monoisotopic (exact) mass is 1430 g/mol. The normalized spacial score (nSPS) is 14.1. The molecule has 0 aromatic carbocycles. The third-order valence-electron chi connectivity index (χ3n) is 17.9. The highest BCUT2D eigenvalue weighted by atomic mass is 31.2. The standard InChI is InChI=1S/C79H150O17P2/c1-6-9-12-15-18-21-24-26-28-29-30-31-32-34-36-38-44-49-54-59-64-78(83)95-75(69-90-77(82)63-58-53-48-43-37-35-33-27-25-22-19-16-13-10-7-2)71-94-98(87,88)92-67-73(80)66-91-97(85,86)93-70-74(68-89-76(81)62-57-52-47-42-23-20-17-14-11-8-3)96-79(84)65-60-55-50-45-40-39-41-46-51-56-61-72(4)5/h22,25,27,33,72-75,80H,6-21,23-24,26,28-32,34-71H2,1-5H3,(H,85,86)(H,87,88)/b25-22-,33-27-/t73-,74+,75+/m0/s1. The van der Waals surface area contributed by atoms with Gasteiger partial charge in [0.1, 0.15) is 19.3 Å². The minimum Gasteiger partial charge on any atom is -0.462 e. The number of carbonyl (C=O) groups is 4. The maximum atomic E-state index is 13.1. The van der Waals surface area contributed by atoms with E-state index in [9.17, 15) is 43.2 Å². The second-order valence-corrected chi connectivity index (χ2v) is 31.2. The Hall–Kier alpha value is -2.46. The van der Waals surface area contributed by atoms with E-state index in [1.165, 1.54) is 199 Å². The smallest absolute Gasteiger partial charge is 0.462 e. The first-order chi connectivity index (χ1) is 47.5. The molecule has 0 fully saturated rings. The number of aliphatic hydroxyl groups is 1. The number of rotatable bonds is 77. The highest BCUT2D eigenvalue weighted by Gasteiger charge is 2.30. The van der Waals surface area contributed by atoms with Crippen molar-refractivity contribution >= 4 is 39.5 Å². The van der Waals surface area contributed by atoms with Crippen molar-refractivity contribution < 1.29 is 80.2 Å². The number of phosphoric ester groups is 2. The summed E-state index contributed by atoms with van der Waals surface area (Å²) >= 11 is 0. The third-order valence-corrected chi connectivity index (χ3v) is 19.8. The molecule has 0 spiro atoms. The molecule has 0 aliphatic rings. The summed E-state index contributed by atoms with van der Waals surface area (Å²) in [7, 11) is -9.92. The Morgan fingerprint density at radius 3 is 0.837 bits per heavy atom. The number of allylic oxidation sites excluding steroid dienone is 4. The van der Waals surface area contributed by atoms with Crippen LogP contribution in [-0.2, 0) is 65.4 Å². The first kappa shape index (κ1) is 95.5. The molecule has 19 heteroatoms. The fourth-order valence-corrected chi connectivity index (χ4v) is 13.3. The van der Waals surface area contributed by atoms with Gasteiger partial charge in [0, 0.05) is 25.7 Å². The first-order valence-electron chi connectivity index (χ1n) is 40.5. The van der Waals surface area contributed by atoms with Gasteiger partial charge in [0.25, 0.3) is 0 Å². The van der Waals surface area contributed by atoms with Crippen LogP contribution >= 0.6 is 15.6 Å². The van der Waals surface area contributed by atoms with Crippen molar-refractivity contribution in [1.29, 1.82) is 0 Å². The van der Waals surface area contributed by atoms with Crippen molar-refractivity contribution in [2.45, 2.75) is 412 Å². The topological polar surface area (TPSA) is 237 Å². The van der Waals surface area contributed by atoms with Gasteiger partial charge in [-0.15, -0.1) is 0 Å². The molecule has 5 atom stereocenters. The lowest BCUT2D eigenvalue weighted by Crippen LogP contribution is -2.30. The molecule has 0 aromatic rings. The van der Waals surface area contributed by atoms with Crippen LogP contribution in [0.25, 0.3) is 0 Å². The third kappa shape index (κ3) is 71.9. The number of aliphatic hydroxyl groups excluding tert-OH is 1. The summed E-state index contributed by atoms with van der Waals surface area (Å²) < 4.78 is 68.6. The molecule has 0 bridgehead atoms. The molecule has 0 aromatic heterocycles. The molecule has 0 saturated carbocycles. The van der Waals surface area contributed by atoms with E-state index in [0.29, 0.717) is 25.7 Å². The second kappa shape index (κ2) is 71.5. The quantitative estimate of drug-likeness (QED) is 0.0169. The Kier molecular flexibility index (Phi) is 69.7. The molecule has 0 rings (SSSR count). The van der Waals surface area contributed by atoms with Gasteiger partial charge in [-0.05, 0) is 57.3 Å². The van der Waals surface area contributed by atoms with Crippen LogP contribution in [0.1, 0.15) is 394 Å². The molecule has 578 valence electrons. The fourth-order valence-electron chi connectivity index (χ4n) is 11.7. The van der Waals surface area contributed by atoms with E-state index in [1.807, 2.05) is 0 Å². The maximum absolute atomic E-state index is 13.1. The lowest BCUT2D eigenvalue weighted by Gasteiger charge is -2.21. The van der Waals surface area contributed by atoms with Gasteiger partial charge in [-0.2, -0.15) is 0 Å². The van der Waals surface area contributed by atoms with E-state index >= 15 is 0 Å². The summed E-state index contributed by atoms with van der Waals surface area (Å²) in [6.45, 7) is 7.22. The van der Waals surface area contributed by atoms with Crippen LogP contribution in [0.5, 0.6) is 0 Å². The minimum absolute atomic E-state index is 0.102. The molecule has 0 radical (unpaired) electrons. The highest BCUT2D eigenvalue weighted by molar-refractivity contribution is 7.47. The number of carbonyl (C=O) groups excluding carboxylic acids is 4. The van der Waals surface area contributed by atoms with Gasteiger partial charge in [0.05, 0.1) is 26.4 Å². The van der Waals surface area contributed by atoms with E-state index in [4.69, 9.17) is 37.0 Å². The molecule has 98 heavy (non-hydrogen) atoms. The van der Waals surface area contributed by atoms with Crippen LogP contribution in [0.2, 0.25) is 0 Å². The van der Waals surface area contributed by atoms with Gasteiger partial charge in [-0.3, -0.25) is 37.3 Å². The summed E-state index contributed by atoms with van der Waals surface area (Å²) in [5.74, 6) is -1.39. The molecule has 17 nitrogen and oxygen atoms in total. The van der Waals surface area contributed by atoms with Crippen molar-refractivity contribution in [3.05, 3.63) is 24.3 Å². The van der Waals surface area contributed by atoms with Gasteiger partial charge in [-0.25, -0.2) is 9.13 Å². The molecule has 0 saturated heterocycles. The summed E-state index contributed by atoms with van der Waals surface area (Å²) in [4.78, 5) is 72.9. The van der Waals surface area contributed by atoms with E-state index < -0.39 is 97.5 Å². The van der Waals surface area contributed by atoms with Gasteiger partial charge in [-0.1, -0.05) is 341 Å². The van der Waals surface area contributed by atoms with E-state index in [2.05, 4.69) is 58.9 Å². The van der Waals surface area contributed by atoms with Crippen LogP contribution < -0.4 is 0 Å². The Balaban J connectivity index is 5.26. The Morgan fingerprint density at radius 2 is 0.551 bits per heavy atom.